The van der Waals surface area contributed by atoms with Crippen molar-refractivity contribution in [1.82, 2.24) is 10.2 Å². The van der Waals surface area contributed by atoms with Crippen molar-refractivity contribution in [3.8, 4) is 0 Å². The minimum Gasteiger partial charge on any atom is -0.316 e. The number of nitrogens with one attached hydrogen (secondary N) is 1. The van der Waals surface area contributed by atoms with Crippen LogP contribution in [-0.4, -0.2) is 37.1 Å². The molecule has 116 valence electrons. The summed E-state index contributed by atoms with van der Waals surface area (Å²) < 4.78 is 0. The Kier molecular flexibility index (Phi) is 4.58. The molecule has 3 unspecified atom stereocenters. The van der Waals surface area contributed by atoms with Gasteiger partial charge in [-0.2, -0.15) is 0 Å². The fourth-order valence-electron chi connectivity index (χ4n) is 4.34. The van der Waals surface area contributed by atoms with Gasteiger partial charge in [-0.15, -0.1) is 0 Å². The Morgan fingerprint density at radius 1 is 1.29 bits per heavy atom. The molecule has 0 amide bonds. The van der Waals surface area contributed by atoms with Gasteiger partial charge in [0.05, 0.1) is 0 Å². The highest BCUT2D eigenvalue weighted by Crippen LogP contribution is 2.39. The summed E-state index contributed by atoms with van der Waals surface area (Å²) in [6.07, 6.45) is 6.49. The number of aryl methyl sites for hydroxylation is 1. The van der Waals surface area contributed by atoms with Crippen LogP contribution in [0.1, 0.15) is 36.8 Å². The minimum atomic E-state index is 0.544. The summed E-state index contributed by atoms with van der Waals surface area (Å²) in [5, 5.41) is 4.49. The van der Waals surface area contributed by atoms with Gasteiger partial charge in [-0.25, -0.2) is 0 Å². The number of nitrogens with zero attached hydrogens (tertiary/aromatic N) is 1. The molecule has 1 aromatic carbocycles. The van der Waals surface area contributed by atoms with Crippen molar-refractivity contribution >= 4 is 11.6 Å². The second-order valence-electron chi connectivity index (χ2n) is 6.98. The first kappa shape index (κ1) is 15.3. The molecule has 0 radical (unpaired) electrons. The zero-order valence-corrected chi connectivity index (χ0v) is 14.2. The summed E-state index contributed by atoms with van der Waals surface area (Å²) in [6, 6.07) is 8.61. The van der Waals surface area contributed by atoms with E-state index in [1.807, 2.05) is 0 Å². The predicted octanol–water partition coefficient (Wildman–Crippen LogP) is 3.65. The highest BCUT2D eigenvalue weighted by Gasteiger charge is 2.40. The van der Waals surface area contributed by atoms with Crippen molar-refractivity contribution in [2.75, 3.05) is 14.1 Å². The average Bonchev–Trinajstić information content (AvgIpc) is 2.68. The smallest absolute Gasteiger partial charge is 0.0441 e. The van der Waals surface area contributed by atoms with Crippen molar-refractivity contribution in [3.63, 3.8) is 0 Å². The number of rotatable bonds is 4. The number of benzene rings is 1. The summed E-state index contributed by atoms with van der Waals surface area (Å²) in [4.78, 5) is 2.61. The van der Waals surface area contributed by atoms with Crippen molar-refractivity contribution in [1.29, 1.82) is 0 Å². The van der Waals surface area contributed by atoms with Crippen LogP contribution in [0.2, 0.25) is 5.02 Å². The third kappa shape index (κ3) is 3.13. The van der Waals surface area contributed by atoms with E-state index >= 15 is 0 Å². The fourth-order valence-corrected chi connectivity index (χ4v) is 4.65. The molecule has 0 spiro atoms. The Bertz CT molecular complexity index is 488. The molecular formula is C18H27ClN2. The van der Waals surface area contributed by atoms with E-state index in [0.29, 0.717) is 6.04 Å². The maximum Gasteiger partial charge on any atom is 0.0441 e. The summed E-state index contributed by atoms with van der Waals surface area (Å²) in [6.45, 7) is 2.10. The molecule has 1 aromatic rings. The maximum atomic E-state index is 6.43. The van der Waals surface area contributed by atoms with Gasteiger partial charge in [0.15, 0.2) is 0 Å². The van der Waals surface area contributed by atoms with Gasteiger partial charge >= 0.3 is 0 Å². The predicted molar refractivity (Wildman–Crippen MR) is 90.0 cm³/mol. The number of hydrogen-bond donors (Lipinski definition) is 1. The first-order valence-electron chi connectivity index (χ1n) is 8.22. The van der Waals surface area contributed by atoms with Gasteiger partial charge in [0, 0.05) is 23.1 Å². The van der Waals surface area contributed by atoms with Gasteiger partial charge in [-0.3, -0.25) is 0 Å². The fraction of sp³-hybridized carbons (Fsp3) is 0.667. The summed E-state index contributed by atoms with van der Waals surface area (Å²) >= 11 is 6.43. The van der Waals surface area contributed by atoms with Crippen LogP contribution in [0.25, 0.3) is 0 Å². The Labute approximate surface area is 133 Å². The van der Waals surface area contributed by atoms with E-state index < -0.39 is 0 Å². The Hall–Kier alpha value is -0.570. The van der Waals surface area contributed by atoms with Crippen LogP contribution < -0.4 is 5.32 Å². The molecule has 2 aliphatic rings. The number of halogens is 1. The highest BCUT2D eigenvalue weighted by atomic mass is 35.5. The molecule has 3 rings (SSSR count). The summed E-state index contributed by atoms with van der Waals surface area (Å²) in [5.41, 5.74) is 2.52. The number of hydrogen-bond acceptors (Lipinski definition) is 2. The molecule has 1 N–H and O–H groups in total. The Morgan fingerprint density at radius 2 is 1.95 bits per heavy atom. The number of piperidine rings is 1. The molecule has 2 bridgehead atoms. The van der Waals surface area contributed by atoms with Crippen LogP contribution in [0.15, 0.2) is 18.2 Å². The molecular weight excluding hydrogens is 280 g/mol. The van der Waals surface area contributed by atoms with Crippen molar-refractivity contribution < 1.29 is 0 Å². The molecule has 0 aliphatic carbocycles. The zero-order chi connectivity index (χ0) is 15.0. The van der Waals surface area contributed by atoms with Gasteiger partial charge in [-0.05, 0) is 76.2 Å². The first-order chi connectivity index (χ1) is 10.1. The molecule has 2 nitrogen and oxygen atoms in total. The lowest BCUT2D eigenvalue weighted by molar-refractivity contribution is 0.114. The monoisotopic (exact) mass is 306 g/mol. The summed E-state index contributed by atoms with van der Waals surface area (Å²) in [5.74, 6) is 0.779. The van der Waals surface area contributed by atoms with Gasteiger partial charge < -0.3 is 10.2 Å². The topological polar surface area (TPSA) is 15.3 Å². The normalized spacial score (nSPS) is 30.6. The van der Waals surface area contributed by atoms with Crippen LogP contribution in [0.3, 0.4) is 0 Å². The van der Waals surface area contributed by atoms with Gasteiger partial charge in [-0.1, -0.05) is 23.7 Å². The molecule has 2 fully saturated rings. The summed E-state index contributed by atoms with van der Waals surface area (Å²) in [7, 11) is 4.41. The number of fused-ring (bicyclic) bond motifs is 2. The van der Waals surface area contributed by atoms with E-state index in [0.717, 1.165) is 29.4 Å². The van der Waals surface area contributed by atoms with E-state index in [4.69, 9.17) is 11.6 Å². The second kappa shape index (κ2) is 6.28. The zero-order valence-electron chi connectivity index (χ0n) is 13.4. The van der Waals surface area contributed by atoms with Crippen LogP contribution in [-0.2, 0) is 6.42 Å². The Balaban J connectivity index is 1.71. The quantitative estimate of drug-likeness (QED) is 0.913. The third-order valence-corrected chi connectivity index (χ3v) is 6.07. The first-order valence-corrected chi connectivity index (χ1v) is 8.60. The van der Waals surface area contributed by atoms with Crippen LogP contribution in [0, 0.1) is 12.8 Å². The van der Waals surface area contributed by atoms with Crippen molar-refractivity contribution in [2.24, 2.45) is 5.92 Å². The lowest BCUT2D eigenvalue weighted by Crippen LogP contribution is -2.47. The third-order valence-electron chi connectivity index (χ3n) is 5.72. The molecule has 2 aliphatic heterocycles. The standard InChI is InChI=1S/C18H27ClN2/c1-12-4-5-13(17(19)8-12)11-18(20-2)14-9-15-6-7-16(10-14)21(15)3/h4-5,8,14-16,18,20H,6-7,9-11H2,1-3H3. The highest BCUT2D eigenvalue weighted by molar-refractivity contribution is 6.31. The Morgan fingerprint density at radius 3 is 2.52 bits per heavy atom. The van der Waals surface area contributed by atoms with Crippen LogP contribution >= 0.6 is 11.6 Å². The molecule has 2 saturated heterocycles. The van der Waals surface area contributed by atoms with E-state index in [1.54, 1.807) is 0 Å². The SMILES string of the molecule is CNC(Cc1ccc(C)cc1Cl)C1CC2CCC(C1)N2C. The minimum absolute atomic E-state index is 0.544. The molecule has 3 heteroatoms. The van der Waals surface area contributed by atoms with Gasteiger partial charge in [0.2, 0.25) is 0 Å². The maximum absolute atomic E-state index is 6.43. The molecule has 0 aromatic heterocycles. The van der Waals surface area contributed by atoms with E-state index in [-0.39, 0.29) is 0 Å². The van der Waals surface area contributed by atoms with Gasteiger partial charge in [0.25, 0.3) is 0 Å². The lowest BCUT2D eigenvalue weighted by atomic mass is 9.82. The number of likely N-dealkylation sites (N-methyl/N-ethyl adjacent to an activating group) is 1. The van der Waals surface area contributed by atoms with Crippen molar-refractivity contribution in [3.05, 3.63) is 34.3 Å². The van der Waals surface area contributed by atoms with Gasteiger partial charge in [0.1, 0.15) is 0 Å². The molecule has 3 atom stereocenters. The van der Waals surface area contributed by atoms with Crippen LogP contribution in [0.4, 0.5) is 0 Å². The largest absolute Gasteiger partial charge is 0.316 e. The van der Waals surface area contributed by atoms with Crippen LogP contribution in [0.5, 0.6) is 0 Å². The molecule has 2 heterocycles. The average molecular weight is 307 g/mol. The lowest BCUT2D eigenvalue weighted by Gasteiger charge is -2.40. The van der Waals surface area contributed by atoms with E-state index in [1.165, 1.54) is 36.8 Å². The van der Waals surface area contributed by atoms with Crippen molar-refractivity contribution in [2.45, 2.75) is 57.2 Å². The second-order valence-corrected chi connectivity index (χ2v) is 7.38. The molecule has 21 heavy (non-hydrogen) atoms. The molecule has 0 saturated carbocycles. The van der Waals surface area contributed by atoms with E-state index in [9.17, 15) is 0 Å². The van der Waals surface area contributed by atoms with E-state index in [2.05, 4.69) is 49.4 Å².